The van der Waals surface area contributed by atoms with Gasteiger partial charge in [0, 0.05) is 19.1 Å². The van der Waals surface area contributed by atoms with Crippen molar-refractivity contribution in [2.45, 2.75) is 19.9 Å². The van der Waals surface area contributed by atoms with E-state index in [4.69, 9.17) is 5.73 Å². The number of hydrogen-bond acceptors (Lipinski definition) is 3. The van der Waals surface area contributed by atoms with Gasteiger partial charge in [0.25, 0.3) is 0 Å². The lowest BCUT2D eigenvalue weighted by molar-refractivity contribution is 0.304. The number of nitrogens with two attached hydrogens (primary N) is 1. The van der Waals surface area contributed by atoms with Crippen LogP contribution in [-0.2, 0) is 0 Å². The maximum Gasteiger partial charge on any atom is 0.0449 e. The first-order chi connectivity index (χ1) is 9.04. The molecule has 0 amide bonds. The van der Waals surface area contributed by atoms with Gasteiger partial charge in [-0.15, -0.1) is 0 Å². The predicted molar refractivity (Wildman–Crippen MR) is 83.1 cm³/mol. The van der Waals surface area contributed by atoms with Crippen LogP contribution in [0.4, 0.5) is 0 Å². The van der Waals surface area contributed by atoms with E-state index in [0.29, 0.717) is 17.9 Å². The molecule has 3 nitrogen and oxygen atoms in total. The fraction of sp³-hybridized carbons (Fsp3) is 0.625. The molecule has 0 aliphatic heterocycles. The zero-order chi connectivity index (χ0) is 14.3. The van der Waals surface area contributed by atoms with Gasteiger partial charge in [0.2, 0.25) is 0 Å². The van der Waals surface area contributed by atoms with Crippen molar-refractivity contribution in [2.24, 2.45) is 17.6 Å². The molecule has 1 aromatic carbocycles. The zero-order valence-corrected chi connectivity index (χ0v) is 12.8. The molecule has 1 rings (SSSR count). The van der Waals surface area contributed by atoms with Gasteiger partial charge in [-0.1, -0.05) is 44.2 Å². The molecule has 0 aromatic heterocycles. The highest BCUT2D eigenvalue weighted by Crippen LogP contribution is 2.15. The average Bonchev–Trinajstić information content (AvgIpc) is 2.38. The van der Waals surface area contributed by atoms with E-state index in [-0.39, 0.29) is 0 Å². The van der Waals surface area contributed by atoms with E-state index < -0.39 is 0 Å². The van der Waals surface area contributed by atoms with Gasteiger partial charge in [-0.3, -0.25) is 0 Å². The molecule has 1 aromatic rings. The molecule has 2 unspecified atom stereocenters. The van der Waals surface area contributed by atoms with Gasteiger partial charge in [-0.25, -0.2) is 0 Å². The summed E-state index contributed by atoms with van der Waals surface area (Å²) < 4.78 is 0. The molecule has 0 fully saturated rings. The standard InChI is InChI=1S/C16H29N3/c1-13(2)15(10-17)11-18-16(12-19(3)4)14-8-6-5-7-9-14/h5-9,13,15-16,18H,10-12,17H2,1-4H3. The molecule has 0 heterocycles. The topological polar surface area (TPSA) is 41.3 Å². The third kappa shape index (κ3) is 5.72. The Kier molecular flexibility index (Phi) is 7.06. The summed E-state index contributed by atoms with van der Waals surface area (Å²) in [5.74, 6) is 1.15. The zero-order valence-electron chi connectivity index (χ0n) is 12.8. The molecule has 0 spiro atoms. The molecule has 0 aliphatic carbocycles. The van der Waals surface area contributed by atoms with Gasteiger partial charge < -0.3 is 16.0 Å². The first-order valence-electron chi connectivity index (χ1n) is 7.17. The fourth-order valence-corrected chi connectivity index (χ4v) is 2.22. The van der Waals surface area contributed by atoms with Crippen molar-refractivity contribution in [1.29, 1.82) is 0 Å². The van der Waals surface area contributed by atoms with Gasteiger partial charge in [0.15, 0.2) is 0 Å². The van der Waals surface area contributed by atoms with Crippen LogP contribution in [0.25, 0.3) is 0 Å². The van der Waals surface area contributed by atoms with E-state index in [0.717, 1.165) is 19.6 Å². The quantitative estimate of drug-likeness (QED) is 0.755. The maximum atomic E-state index is 5.85. The van der Waals surface area contributed by atoms with E-state index in [1.54, 1.807) is 0 Å². The molecular formula is C16H29N3. The van der Waals surface area contributed by atoms with Crippen LogP contribution >= 0.6 is 0 Å². The molecule has 0 saturated heterocycles. The van der Waals surface area contributed by atoms with Crippen LogP contribution in [0.2, 0.25) is 0 Å². The molecule has 3 N–H and O–H groups in total. The summed E-state index contributed by atoms with van der Waals surface area (Å²) in [7, 11) is 4.22. The van der Waals surface area contributed by atoms with Gasteiger partial charge in [-0.05, 0) is 38.0 Å². The Morgan fingerprint density at radius 3 is 2.26 bits per heavy atom. The molecule has 108 valence electrons. The van der Waals surface area contributed by atoms with Gasteiger partial charge >= 0.3 is 0 Å². The van der Waals surface area contributed by atoms with Gasteiger partial charge in [0.1, 0.15) is 0 Å². The molecule has 0 radical (unpaired) electrons. The summed E-state index contributed by atoms with van der Waals surface area (Å²) in [6, 6.07) is 11.0. The van der Waals surface area contributed by atoms with Gasteiger partial charge in [0.05, 0.1) is 0 Å². The lowest BCUT2D eigenvalue weighted by Gasteiger charge is -2.27. The van der Waals surface area contributed by atoms with E-state index in [2.05, 4.69) is 68.5 Å². The first-order valence-corrected chi connectivity index (χ1v) is 7.17. The summed E-state index contributed by atoms with van der Waals surface area (Å²) in [5.41, 5.74) is 7.19. The van der Waals surface area contributed by atoms with E-state index in [9.17, 15) is 0 Å². The Labute approximate surface area is 118 Å². The van der Waals surface area contributed by atoms with Crippen molar-refractivity contribution in [3.05, 3.63) is 35.9 Å². The van der Waals surface area contributed by atoms with Crippen molar-refractivity contribution in [3.8, 4) is 0 Å². The number of rotatable bonds is 8. The van der Waals surface area contributed by atoms with Crippen LogP contribution in [0.3, 0.4) is 0 Å². The number of nitrogens with one attached hydrogen (secondary N) is 1. The van der Waals surface area contributed by atoms with Crippen LogP contribution < -0.4 is 11.1 Å². The van der Waals surface area contributed by atoms with Crippen molar-refractivity contribution >= 4 is 0 Å². The highest BCUT2D eigenvalue weighted by atomic mass is 15.1. The van der Waals surface area contributed by atoms with Crippen LogP contribution in [0.5, 0.6) is 0 Å². The maximum absolute atomic E-state index is 5.85. The minimum absolute atomic E-state index is 0.365. The molecule has 0 saturated carbocycles. The SMILES string of the molecule is CC(C)C(CN)CNC(CN(C)C)c1ccccc1. The summed E-state index contributed by atoms with van der Waals surface area (Å²) >= 11 is 0. The number of nitrogens with zero attached hydrogens (tertiary/aromatic N) is 1. The van der Waals surface area contributed by atoms with Crippen molar-refractivity contribution in [3.63, 3.8) is 0 Å². The van der Waals surface area contributed by atoms with E-state index in [1.807, 2.05) is 0 Å². The molecular weight excluding hydrogens is 234 g/mol. The van der Waals surface area contributed by atoms with Crippen LogP contribution in [0.15, 0.2) is 30.3 Å². The monoisotopic (exact) mass is 263 g/mol. The lowest BCUT2D eigenvalue weighted by atomic mass is 9.95. The van der Waals surface area contributed by atoms with Crippen LogP contribution in [0.1, 0.15) is 25.5 Å². The predicted octanol–water partition coefficient (Wildman–Crippen LogP) is 2.11. The van der Waals surface area contributed by atoms with Crippen molar-refractivity contribution in [2.75, 3.05) is 33.7 Å². The minimum Gasteiger partial charge on any atom is -0.330 e. The highest BCUT2D eigenvalue weighted by Gasteiger charge is 2.16. The van der Waals surface area contributed by atoms with Crippen molar-refractivity contribution in [1.82, 2.24) is 10.2 Å². The van der Waals surface area contributed by atoms with E-state index >= 15 is 0 Å². The van der Waals surface area contributed by atoms with Gasteiger partial charge in [-0.2, -0.15) is 0 Å². The normalized spacial score (nSPS) is 14.9. The van der Waals surface area contributed by atoms with E-state index in [1.165, 1.54) is 5.56 Å². The molecule has 0 bridgehead atoms. The first kappa shape index (κ1) is 16.2. The third-order valence-electron chi connectivity index (χ3n) is 3.62. The molecule has 0 aliphatic rings. The smallest absolute Gasteiger partial charge is 0.0449 e. The third-order valence-corrected chi connectivity index (χ3v) is 3.62. The minimum atomic E-state index is 0.365. The summed E-state index contributed by atoms with van der Waals surface area (Å²) in [6.07, 6.45) is 0. The second-order valence-electron chi connectivity index (χ2n) is 5.87. The van der Waals surface area contributed by atoms with Crippen LogP contribution in [-0.4, -0.2) is 38.6 Å². The Morgan fingerprint density at radius 1 is 1.16 bits per heavy atom. The molecule has 3 heteroatoms. The fourth-order valence-electron chi connectivity index (χ4n) is 2.22. The Bertz CT molecular complexity index is 335. The number of hydrogen-bond donors (Lipinski definition) is 2. The average molecular weight is 263 g/mol. The molecule has 2 atom stereocenters. The van der Waals surface area contributed by atoms with Crippen LogP contribution in [0, 0.1) is 11.8 Å². The Morgan fingerprint density at radius 2 is 1.79 bits per heavy atom. The largest absolute Gasteiger partial charge is 0.330 e. The second kappa shape index (κ2) is 8.31. The second-order valence-corrected chi connectivity index (χ2v) is 5.87. The Hall–Kier alpha value is -0.900. The summed E-state index contributed by atoms with van der Waals surface area (Å²) in [6.45, 7) is 7.19. The molecule has 19 heavy (non-hydrogen) atoms. The highest BCUT2D eigenvalue weighted by molar-refractivity contribution is 5.19. The number of likely N-dealkylation sites (N-methyl/N-ethyl adjacent to an activating group) is 1. The summed E-state index contributed by atoms with van der Waals surface area (Å²) in [5, 5.41) is 3.68. The lowest BCUT2D eigenvalue weighted by Crippen LogP contribution is -2.37. The van der Waals surface area contributed by atoms with Crippen molar-refractivity contribution < 1.29 is 0 Å². The number of benzene rings is 1. The summed E-state index contributed by atoms with van der Waals surface area (Å²) in [4.78, 5) is 2.22. The Balaban J connectivity index is 2.65.